The molecule has 0 spiro atoms. The largest absolute Gasteiger partial charge is 0.495 e. The summed E-state index contributed by atoms with van der Waals surface area (Å²) in [4.78, 5) is 14.9. The molecule has 3 rings (SSSR count). The standard InChI is InChI=1S/C17H25N7O3S/c1-27-14-8-4-3-7-13(14)19-17-21-15(20-16(18)22-17)11-24-9-5-6-12(10-24)23-28(2,25)26/h3-4,7-8,12,23H,5-6,9-11H2,1-2H3,(H3,18,19,20,21,22). The zero-order valence-electron chi connectivity index (χ0n) is 15.9. The number of hydrogen-bond donors (Lipinski definition) is 3. The van der Waals surface area contributed by atoms with Crippen molar-refractivity contribution in [2.75, 3.05) is 37.5 Å². The summed E-state index contributed by atoms with van der Waals surface area (Å²) in [6.45, 7) is 1.88. The van der Waals surface area contributed by atoms with E-state index in [0.717, 1.165) is 25.1 Å². The Morgan fingerprint density at radius 3 is 2.82 bits per heavy atom. The third-order valence-electron chi connectivity index (χ3n) is 4.30. The van der Waals surface area contributed by atoms with Crippen molar-refractivity contribution in [3.63, 3.8) is 0 Å². The molecule has 152 valence electrons. The van der Waals surface area contributed by atoms with Crippen LogP contribution in [0.4, 0.5) is 17.6 Å². The van der Waals surface area contributed by atoms with Gasteiger partial charge in [-0.2, -0.15) is 15.0 Å². The van der Waals surface area contributed by atoms with E-state index in [1.807, 2.05) is 24.3 Å². The third kappa shape index (κ3) is 5.75. The van der Waals surface area contributed by atoms with E-state index in [0.29, 0.717) is 30.6 Å². The maximum absolute atomic E-state index is 11.5. The summed E-state index contributed by atoms with van der Waals surface area (Å²) in [5.74, 6) is 1.62. The molecular weight excluding hydrogens is 382 g/mol. The fourth-order valence-electron chi connectivity index (χ4n) is 3.23. The minimum Gasteiger partial charge on any atom is -0.495 e. The minimum atomic E-state index is -3.23. The summed E-state index contributed by atoms with van der Waals surface area (Å²) in [7, 11) is -1.65. The van der Waals surface area contributed by atoms with Gasteiger partial charge in [0.05, 0.1) is 25.6 Å². The highest BCUT2D eigenvalue weighted by Crippen LogP contribution is 2.25. The van der Waals surface area contributed by atoms with Gasteiger partial charge in [-0.3, -0.25) is 4.90 Å². The molecule has 2 heterocycles. The highest BCUT2D eigenvalue weighted by Gasteiger charge is 2.23. The minimum absolute atomic E-state index is 0.116. The number of rotatable bonds is 7. The van der Waals surface area contributed by atoms with Gasteiger partial charge in [0.25, 0.3) is 0 Å². The first kappa shape index (κ1) is 20.2. The van der Waals surface area contributed by atoms with Crippen LogP contribution in [0.3, 0.4) is 0 Å². The summed E-state index contributed by atoms with van der Waals surface area (Å²) in [5, 5.41) is 3.10. The molecule has 0 amide bonds. The van der Waals surface area contributed by atoms with Crippen molar-refractivity contribution in [3.8, 4) is 5.75 Å². The zero-order chi connectivity index (χ0) is 20.1. The van der Waals surface area contributed by atoms with E-state index in [4.69, 9.17) is 10.5 Å². The van der Waals surface area contributed by atoms with Gasteiger partial charge in [-0.15, -0.1) is 0 Å². The monoisotopic (exact) mass is 407 g/mol. The van der Waals surface area contributed by atoms with Gasteiger partial charge >= 0.3 is 0 Å². The second kappa shape index (κ2) is 8.67. The van der Waals surface area contributed by atoms with Crippen LogP contribution in [-0.4, -0.2) is 60.8 Å². The molecule has 0 radical (unpaired) electrons. The lowest BCUT2D eigenvalue weighted by Gasteiger charge is -2.32. The zero-order valence-corrected chi connectivity index (χ0v) is 16.7. The molecule has 4 N–H and O–H groups in total. The van der Waals surface area contributed by atoms with Crippen molar-refractivity contribution in [1.82, 2.24) is 24.6 Å². The molecule has 1 atom stereocenters. The van der Waals surface area contributed by atoms with Gasteiger partial charge in [0.2, 0.25) is 21.9 Å². The van der Waals surface area contributed by atoms with Crippen LogP contribution in [0.25, 0.3) is 0 Å². The molecule has 2 aromatic rings. The lowest BCUT2D eigenvalue weighted by atomic mass is 10.1. The van der Waals surface area contributed by atoms with Gasteiger partial charge < -0.3 is 15.8 Å². The molecule has 1 aromatic heterocycles. The van der Waals surface area contributed by atoms with Crippen LogP contribution in [-0.2, 0) is 16.6 Å². The number of methoxy groups -OCH3 is 1. The van der Waals surface area contributed by atoms with Gasteiger partial charge in [0.15, 0.2) is 0 Å². The summed E-state index contributed by atoms with van der Waals surface area (Å²) in [5.41, 5.74) is 6.58. The SMILES string of the molecule is COc1ccccc1Nc1nc(N)nc(CN2CCCC(NS(C)(=O)=O)C2)n1. The Morgan fingerprint density at radius 1 is 1.29 bits per heavy atom. The third-order valence-corrected chi connectivity index (χ3v) is 5.07. The van der Waals surface area contributed by atoms with Gasteiger partial charge in [0, 0.05) is 12.6 Å². The Morgan fingerprint density at radius 2 is 2.07 bits per heavy atom. The van der Waals surface area contributed by atoms with Crippen LogP contribution >= 0.6 is 0 Å². The Bertz CT molecular complexity index is 923. The number of piperidine rings is 1. The van der Waals surface area contributed by atoms with E-state index in [1.54, 1.807) is 7.11 Å². The Kier molecular flexibility index (Phi) is 6.27. The Hall–Kier alpha value is -2.50. The van der Waals surface area contributed by atoms with Gasteiger partial charge in [-0.05, 0) is 31.5 Å². The topological polar surface area (TPSA) is 135 Å². The van der Waals surface area contributed by atoms with Crippen LogP contribution in [0.2, 0.25) is 0 Å². The molecule has 28 heavy (non-hydrogen) atoms. The first-order valence-electron chi connectivity index (χ1n) is 8.92. The van der Waals surface area contributed by atoms with E-state index in [1.165, 1.54) is 6.26 Å². The maximum atomic E-state index is 11.5. The van der Waals surface area contributed by atoms with E-state index in [9.17, 15) is 8.42 Å². The number of nitrogens with zero attached hydrogens (tertiary/aromatic N) is 4. The first-order chi connectivity index (χ1) is 13.3. The van der Waals surface area contributed by atoms with Crippen molar-refractivity contribution in [2.24, 2.45) is 0 Å². The highest BCUT2D eigenvalue weighted by molar-refractivity contribution is 7.88. The van der Waals surface area contributed by atoms with Crippen molar-refractivity contribution in [3.05, 3.63) is 30.1 Å². The van der Waals surface area contributed by atoms with Gasteiger partial charge in [-0.1, -0.05) is 12.1 Å². The fourth-order valence-corrected chi connectivity index (χ4v) is 4.03. The summed E-state index contributed by atoms with van der Waals surface area (Å²) in [6.07, 6.45) is 2.87. The van der Waals surface area contributed by atoms with Crippen LogP contribution in [0, 0.1) is 0 Å². The summed E-state index contributed by atoms with van der Waals surface area (Å²) < 4.78 is 31.0. The average Bonchev–Trinajstić information content (AvgIpc) is 2.60. The second-order valence-electron chi connectivity index (χ2n) is 6.72. The smallest absolute Gasteiger partial charge is 0.232 e. The van der Waals surface area contributed by atoms with Crippen LogP contribution in [0.5, 0.6) is 5.75 Å². The summed E-state index contributed by atoms with van der Waals surface area (Å²) >= 11 is 0. The normalized spacial score (nSPS) is 18.0. The molecule has 10 nitrogen and oxygen atoms in total. The number of sulfonamides is 1. The number of ether oxygens (including phenoxy) is 1. The number of anilines is 3. The molecule has 0 saturated carbocycles. The van der Waals surface area contributed by atoms with Gasteiger partial charge in [-0.25, -0.2) is 13.1 Å². The molecule has 1 saturated heterocycles. The number of nitrogen functional groups attached to an aromatic ring is 1. The van der Waals surface area contributed by atoms with Crippen LogP contribution in [0.1, 0.15) is 18.7 Å². The van der Waals surface area contributed by atoms with Crippen LogP contribution < -0.4 is 20.5 Å². The molecule has 1 aromatic carbocycles. The lowest BCUT2D eigenvalue weighted by molar-refractivity contribution is 0.190. The van der Waals surface area contributed by atoms with Crippen molar-refractivity contribution in [1.29, 1.82) is 0 Å². The number of aromatic nitrogens is 3. The predicted molar refractivity (Wildman–Crippen MR) is 107 cm³/mol. The number of hydrogen-bond acceptors (Lipinski definition) is 9. The number of benzene rings is 1. The quantitative estimate of drug-likeness (QED) is 0.606. The molecule has 0 aliphatic carbocycles. The molecule has 0 bridgehead atoms. The van der Waals surface area contributed by atoms with Crippen molar-refractivity contribution >= 4 is 27.6 Å². The van der Waals surface area contributed by atoms with E-state index < -0.39 is 10.0 Å². The Balaban J connectivity index is 1.71. The summed E-state index contributed by atoms with van der Waals surface area (Å²) in [6, 6.07) is 7.31. The van der Waals surface area contributed by atoms with Crippen LogP contribution in [0.15, 0.2) is 24.3 Å². The van der Waals surface area contributed by atoms with Crippen molar-refractivity contribution in [2.45, 2.75) is 25.4 Å². The first-order valence-corrected chi connectivity index (χ1v) is 10.8. The molecular formula is C17H25N7O3S. The molecule has 1 aliphatic rings. The number of para-hydroxylation sites is 2. The molecule has 1 aliphatic heterocycles. The molecule has 11 heteroatoms. The van der Waals surface area contributed by atoms with Crippen molar-refractivity contribution < 1.29 is 13.2 Å². The second-order valence-corrected chi connectivity index (χ2v) is 8.50. The van der Waals surface area contributed by atoms with E-state index in [-0.39, 0.29) is 12.0 Å². The molecule has 1 unspecified atom stereocenters. The van der Waals surface area contributed by atoms with E-state index >= 15 is 0 Å². The maximum Gasteiger partial charge on any atom is 0.232 e. The van der Waals surface area contributed by atoms with Gasteiger partial charge in [0.1, 0.15) is 11.6 Å². The molecule has 1 fully saturated rings. The number of likely N-dealkylation sites (tertiary alicyclic amines) is 1. The average molecular weight is 408 g/mol. The highest BCUT2D eigenvalue weighted by atomic mass is 32.2. The fraction of sp³-hybridized carbons (Fsp3) is 0.471. The van der Waals surface area contributed by atoms with E-state index in [2.05, 4.69) is 29.9 Å². The number of nitrogens with two attached hydrogens (primary N) is 1. The Labute approximate surface area is 164 Å². The number of nitrogens with one attached hydrogen (secondary N) is 2. The predicted octanol–water partition coefficient (Wildman–Crippen LogP) is 0.720. The lowest BCUT2D eigenvalue weighted by Crippen LogP contribution is -2.47.